The Balaban J connectivity index is 3.38. The van der Waals surface area contributed by atoms with Crippen molar-refractivity contribution in [3.63, 3.8) is 0 Å². The molecule has 0 heterocycles. The maximum absolute atomic E-state index is 12.7. The molecule has 0 fully saturated rings. The second kappa shape index (κ2) is 12.6. The molecule has 2 unspecified atom stereocenters. The van der Waals surface area contributed by atoms with E-state index in [0.29, 0.717) is 5.56 Å². The van der Waals surface area contributed by atoms with E-state index in [9.17, 15) is 24.3 Å². The van der Waals surface area contributed by atoms with Crippen molar-refractivity contribution in [2.24, 2.45) is 27.9 Å². The van der Waals surface area contributed by atoms with Crippen LogP contribution in [0.3, 0.4) is 0 Å². The van der Waals surface area contributed by atoms with Crippen LogP contribution in [0.1, 0.15) is 80.7 Å². The molecule has 1 aromatic carbocycles. The Bertz CT molecular complexity index is 1010. The van der Waals surface area contributed by atoms with Crippen LogP contribution in [0.2, 0.25) is 0 Å². The molecule has 3 N–H and O–H groups in total. The second-order valence-electron chi connectivity index (χ2n) is 12.8. The molecule has 0 aromatic heterocycles. The van der Waals surface area contributed by atoms with Crippen LogP contribution in [0.25, 0.3) is 0 Å². The van der Waals surface area contributed by atoms with Gasteiger partial charge in [-0.15, -0.1) is 0 Å². The van der Waals surface area contributed by atoms with E-state index in [1.807, 2.05) is 20.8 Å². The van der Waals surface area contributed by atoms with Crippen molar-refractivity contribution in [2.45, 2.75) is 81.2 Å². The Morgan fingerprint density at radius 1 is 0.842 bits per heavy atom. The zero-order valence-electron chi connectivity index (χ0n) is 24.2. The van der Waals surface area contributed by atoms with Gasteiger partial charge in [-0.1, -0.05) is 33.8 Å². The van der Waals surface area contributed by atoms with Gasteiger partial charge in [0.2, 0.25) is 0 Å². The van der Waals surface area contributed by atoms with E-state index in [-0.39, 0.29) is 30.1 Å². The number of carboxylic acid groups (broad SMARTS) is 1. The molecule has 38 heavy (non-hydrogen) atoms. The summed E-state index contributed by atoms with van der Waals surface area (Å²) in [6.07, 6.45) is -0.876. The van der Waals surface area contributed by atoms with Crippen LogP contribution in [0, 0.1) is 22.2 Å². The monoisotopic (exact) mass is 537 g/mol. The lowest BCUT2D eigenvalue weighted by atomic mass is 9.82. The number of carboxylic acids is 1. The number of aliphatic carboxylic acids is 1. The van der Waals surface area contributed by atoms with E-state index < -0.39 is 52.8 Å². The van der Waals surface area contributed by atoms with Crippen LogP contribution < -0.4 is 15.2 Å². The highest BCUT2D eigenvalue weighted by Gasteiger charge is 2.34. The Kier molecular flexibility index (Phi) is 10.9. The molecule has 0 saturated carbocycles. The van der Waals surface area contributed by atoms with Gasteiger partial charge in [-0.05, 0) is 70.6 Å². The van der Waals surface area contributed by atoms with Gasteiger partial charge < -0.3 is 29.8 Å². The normalized spacial score (nSPS) is 14.6. The van der Waals surface area contributed by atoms with Crippen molar-refractivity contribution in [1.29, 1.82) is 0 Å². The Hall–Kier alpha value is -3.14. The molecular weight excluding hydrogens is 494 g/mol. The molecule has 214 valence electrons. The smallest absolute Gasteiger partial charge is 0.480 e. The fourth-order valence-electron chi connectivity index (χ4n) is 3.07. The van der Waals surface area contributed by atoms with Crippen molar-refractivity contribution in [3.8, 4) is 11.5 Å². The second-order valence-corrected chi connectivity index (χ2v) is 12.8. The fourth-order valence-corrected chi connectivity index (χ4v) is 3.07. The SMILES string of the molecule is CC(COC(=O)OCC(C)(C)C)C(c1ccc(OC(=O)C(C)(C)C)c(OC(=O)C(C)(C)C)c1)[C@H](N)C(=O)O. The molecule has 1 aromatic rings. The van der Waals surface area contributed by atoms with Crippen molar-refractivity contribution in [2.75, 3.05) is 13.2 Å². The highest BCUT2D eigenvalue weighted by Crippen LogP contribution is 2.37. The predicted molar refractivity (Wildman–Crippen MR) is 141 cm³/mol. The third kappa shape index (κ3) is 10.3. The van der Waals surface area contributed by atoms with Crippen LogP contribution in [-0.2, 0) is 23.9 Å². The van der Waals surface area contributed by atoms with Gasteiger partial charge in [0.15, 0.2) is 11.5 Å². The third-order valence-electron chi connectivity index (χ3n) is 5.35. The van der Waals surface area contributed by atoms with Crippen molar-refractivity contribution < 1.29 is 43.2 Å². The van der Waals surface area contributed by atoms with Crippen LogP contribution in [0.15, 0.2) is 18.2 Å². The predicted octanol–water partition coefficient (Wildman–Crippen LogP) is 4.92. The van der Waals surface area contributed by atoms with Gasteiger partial charge in [0.05, 0.1) is 24.0 Å². The highest BCUT2D eigenvalue weighted by atomic mass is 16.7. The lowest BCUT2D eigenvalue weighted by molar-refractivity contribution is -0.145. The van der Waals surface area contributed by atoms with E-state index in [1.54, 1.807) is 54.5 Å². The van der Waals surface area contributed by atoms with Gasteiger partial charge in [0.25, 0.3) is 0 Å². The summed E-state index contributed by atoms with van der Waals surface area (Å²) in [6.45, 7) is 17.4. The molecule has 0 aliphatic rings. The molecule has 3 atom stereocenters. The number of carbonyl (C=O) groups excluding carboxylic acids is 3. The molecule has 0 saturated heterocycles. The molecule has 0 aliphatic heterocycles. The van der Waals surface area contributed by atoms with Crippen LogP contribution >= 0.6 is 0 Å². The molecule has 0 aliphatic carbocycles. The van der Waals surface area contributed by atoms with E-state index >= 15 is 0 Å². The van der Waals surface area contributed by atoms with Crippen LogP contribution in [-0.4, -0.2) is 48.4 Å². The van der Waals surface area contributed by atoms with Gasteiger partial charge in [-0.3, -0.25) is 14.4 Å². The number of rotatable bonds is 9. The van der Waals surface area contributed by atoms with Gasteiger partial charge in [0.1, 0.15) is 6.04 Å². The lowest BCUT2D eigenvalue weighted by Gasteiger charge is -2.28. The highest BCUT2D eigenvalue weighted by molar-refractivity contribution is 5.81. The van der Waals surface area contributed by atoms with Crippen molar-refractivity contribution in [1.82, 2.24) is 0 Å². The number of hydrogen-bond donors (Lipinski definition) is 2. The summed E-state index contributed by atoms with van der Waals surface area (Å²) < 4.78 is 21.4. The first-order chi connectivity index (χ1) is 17.1. The molecule has 1 rings (SSSR count). The quantitative estimate of drug-likeness (QED) is 0.328. The summed E-state index contributed by atoms with van der Waals surface area (Å²) in [5.74, 6) is -3.88. The van der Waals surface area contributed by atoms with Gasteiger partial charge in [-0.25, -0.2) is 4.79 Å². The van der Waals surface area contributed by atoms with Gasteiger partial charge in [-0.2, -0.15) is 0 Å². The van der Waals surface area contributed by atoms with Crippen LogP contribution in [0.5, 0.6) is 11.5 Å². The first-order valence-corrected chi connectivity index (χ1v) is 12.5. The Morgan fingerprint density at radius 2 is 1.34 bits per heavy atom. The first-order valence-electron chi connectivity index (χ1n) is 12.5. The summed E-state index contributed by atoms with van der Waals surface area (Å²) in [7, 11) is 0. The van der Waals surface area contributed by atoms with Crippen LogP contribution in [0.4, 0.5) is 4.79 Å². The minimum Gasteiger partial charge on any atom is -0.480 e. The molecule has 0 amide bonds. The summed E-state index contributed by atoms with van der Waals surface area (Å²) in [5.41, 5.74) is 4.49. The summed E-state index contributed by atoms with van der Waals surface area (Å²) in [4.78, 5) is 49.2. The molecule has 0 radical (unpaired) electrons. The average molecular weight is 538 g/mol. The fraction of sp³-hybridized carbons (Fsp3) is 0.643. The van der Waals surface area contributed by atoms with Crippen molar-refractivity contribution in [3.05, 3.63) is 23.8 Å². The number of benzene rings is 1. The maximum Gasteiger partial charge on any atom is 0.508 e. The maximum atomic E-state index is 12.7. The number of hydrogen-bond acceptors (Lipinski definition) is 9. The van der Waals surface area contributed by atoms with Crippen molar-refractivity contribution >= 4 is 24.1 Å². The minimum atomic E-state index is -1.38. The zero-order valence-corrected chi connectivity index (χ0v) is 24.2. The standard InChI is InChI=1S/C28H43NO9/c1-16(14-35-25(34)36-15-26(2,3)4)20(21(29)22(30)31)17-11-12-18(37-23(32)27(5,6)7)19(13-17)38-24(33)28(8,9)10/h11-13,16,20-21H,14-15,29H2,1-10H3,(H,30,31)/t16?,20?,21-/m0/s1. The van der Waals surface area contributed by atoms with E-state index in [2.05, 4.69) is 0 Å². The molecule has 10 heteroatoms. The number of ether oxygens (including phenoxy) is 4. The first kappa shape index (κ1) is 32.9. The number of esters is 2. The average Bonchev–Trinajstić information content (AvgIpc) is 2.75. The van der Waals surface area contributed by atoms with E-state index in [0.717, 1.165) is 0 Å². The number of nitrogens with two attached hydrogens (primary N) is 1. The largest absolute Gasteiger partial charge is 0.508 e. The van der Waals surface area contributed by atoms with E-state index in [1.165, 1.54) is 12.1 Å². The topological polar surface area (TPSA) is 151 Å². The summed E-state index contributed by atoms with van der Waals surface area (Å²) in [5, 5.41) is 9.69. The third-order valence-corrected chi connectivity index (χ3v) is 5.35. The Morgan fingerprint density at radius 3 is 1.79 bits per heavy atom. The van der Waals surface area contributed by atoms with Gasteiger partial charge >= 0.3 is 24.1 Å². The Labute approximate surface area is 225 Å². The van der Waals surface area contributed by atoms with E-state index in [4.69, 9.17) is 24.7 Å². The summed E-state index contributed by atoms with van der Waals surface area (Å²) >= 11 is 0. The lowest BCUT2D eigenvalue weighted by Crippen LogP contribution is -2.40. The number of carbonyl (C=O) groups is 4. The molecule has 10 nitrogen and oxygen atoms in total. The van der Waals surface area contributed by atoms with Gasteiger partial charge in [0, 0.05) is 5.92 Å². The summed E-state index contributed by atoms with van der Waals surface area (Å²) in [6, 6.07) is 3.02. The molecular formula is C28H43NO9. The molecule has 0 spiro atoms. The zero-order chi connectivity index (χ0) is 29.6. The minimum absolute atomic E-state index is 0.00332. The molecule has 0 bridgehead atoms.